The number of likely N-dealkylation sites (tertiary alicyclic amines) is 1. The molecule has 1 atom stereocenters. The van der Waals surface area contributed by atoms with Gasteiger partial charge in [0.25, 0.3) is 0 Å². The summed E-state index contributed by atoms with van der Waals surface area (Å²) in [4.78, 5) is 20.6. The first-order valence-corrected chi connectivity index (χ1v) is 5.54. The van der Waals surface area contributed by atoms with Gasteiger partial charge in [-0.25, -0.2) is 4.98 Å². The van der Waals surface area contributed by atoms with E-state index in [1.54, 1.807) is 12.5 Å². The third kappa shape index (κ3) is 2.37. The number of hydrogen-bond donors (Lipinski definition) is 1. The van der Waals surface area contributed by atoms with Crippen LogP contribution >= 0.6 is 0 Å². The van der Waals surface area contributed by atoms with Crippen molar-refractivity contribution in [3.63, 3.8) is 0 Å². The van der Waals surface area contributed by atoms with Crippen molar-refractivity contribution < 1.29 is 4.79 Å². The van der Waals surface area contributed by atoms with Crippen molar-refractivity contribution in [2.75, 3.05) is 6.54 Å². The second-order valence-corrected chi connectivity index (χ2v) is 4.21. The van der Waals surface area contributed by atoms with Crippen LogP contribution in [-0.4, -0.2) is 27.3 Å². The molecule has 1 saturated heterocycles. The Morgan fingerprint density at radius 3 is 3.20 bits per heavy atom. The third-order valence-electron chi connectivity index (χ3n) is 2.91. The zero-order chi connectivity index (χ0) is 10.7. The van der Waals surface area contributed by atoms with Gasteiger partial charge in [-0.2, -0.15) is 0 Å². The highest BCUT2D eigenvalue weighted by Crippen LogP contribution is 2.23. The maximum atomic E-state index is 11.7. The summed E-state index contributed by atoms with van der Waals surface area (Å²) < 4.78 is 0. The van der Waals surface area contributed by atoms with Crippen LogP contribution in [0.25, 0.3) is 0 Å². The van der Waals surface area contributed by atoms with Gasteiger partial charge in [-0.1, -0.05) is 13.3 Å². The lowest BCUT2D eigenvalue weighted by atomic mass is 10.0. The van der Waals surface area contributed by atoms with Crippen molar-refractivity contribution in [2.45, 2.75) is 32.7 Å². The van der Waals surface area contributed by atoms with Gasteiger partial charge >= 0.3 is 0 Å². The van der Waals surface area contributed by atoms with Gasteiger partial charge < -0.3 is 9.88 Å². The van der Waals surface area contributed by atoms with E-state index in [2.05, 4.69) is 16.9 Å². The second kappa shape index (κ2) is 4.47. The molecule has 2 rings (SSSR count). The minimum absolute atomic E-state index is 0.281. The smallest absolute Gasteiger partial charge is 0.223 e. The first kappa shape index (κ1) is 10.2. The SMILES string of the molecule is CCCC1CC(=O)N(Cc2cnc[nH]2)C1. The van der Waals surface area contributed by atoms with E-state index in [1.165, 1.54) is 0 Å². The maximum absolute atomic E-state index is 11.7. The van der Waals surface area contributed by atoms with Crippen LogP contribution in [0.15, 0.2) is 12.5 Å². The Morgan fingerprint density at radius 1 is 1.67 bits per heavy atom. The van der Waals surface area contributed by atoms with Crippen LogP contribution in [0.5, 0.6) is 0 Å². The van der Waals surface area contributed by atoms with Crippen LogP contribution < -0.4 is 0 Å². The number of nitrogens with one attached hydrogen (secondary N) is 1. The summed E-state index contributed by atoms with van der Waals surface area (Å²) in [6.45, 7) is 3.76. The predicted molar refractivity (Wildman–Crippen MR) is 57.0 cm³/mol. The van der Waals surface area contributed by atoms with E-state index in [9.17, 15) is 4.79 Å². The van der Waals surface area contributed by atoms with Crippen molar-refractivity contribution in [3.8, 4) is 0 Å². The number of carbonyl (C=O) groups excluding carboxylic acids is 1. The summed E-state index contributed by atoms with van der Waals surface area (Å²) in [6, 6.07) is 0. The number of imidazole rings is 1. The van der Waals surface area contributed by atoms with Crippen LogP contribution in [0.4, 0.5) is 0 Å². The van der Waals surface area contributed by atoms with Crippen molar-refractivity contribution in [3.05, 3.63) is 18.2 Å². The Labute approximate surface area is 89.7 Å². The minimum atomic E-state index is 0.281. The molecule has 0 radical (unpaired) electrons. The average molecular weight is 207 g/mol. The van der Waals surface area contributed by atoms with Crippen molar-refractivity contribution >= 4 is 5.91 Å². The van der Waals surface area contributed by atoms with E-state index in [0.717, 1.165) is 31.5 Å². The molecule has 0 bridgehead atoms. The summed E-state index contributed by atoms with van der Waals surface area (Å²) in [5, 5.41) is 0. The van der Waals surface area contributed by atoms with Gasteiger partial charge in [0.05, 0.1) is 18.6 Å². The molecule has 1 fully saturated rings. The van der Waals surface area contributed by atoms with E-state index < -0.39 is 0 Å². The highest BCUT2D eigenvalue weighted by molar-refractivity contribution is 5.78. The predicted octanol–water partition coefficient (Wildman–Crippen LogP) is 1.56. The van der Waals surface area contributed by atoms with Gasteiger partial charge in [0.15, 0.2) is 0 Å². The summed E-state index contributed by atoms with van der Waals surface area (Å²) in [5.41, 5.74) is 1.01. The van der Waals surface area contributed by atoms with Crippen molar-refractivity contribution in [1.29, 1.82) is 0 Å². The summed E-state index contributed by atoms with van der Waals surface area (Å²) in [5.74, 6) is 0.841. The molecule has 4 heteroatoms. The molecular formula is C11H17N3O. The third-order valence-corrected chi connectivity index (χ3v) is 2.91. The Bertz CT molecular complexity index is 321. The van der Waals surface area contributed by atoms with Gasteiger partial charge in [0.2, 0.25) is 5.91 Å². The first-order chi connectivity index (χ1) is 7.29. The molecule has 0 aromatic carbocycles. The van der Waals surface area contributed by atoms with Crippen molar-refractivity contribution in [2.24, 2.45) is 5.92 Å². The molecule has 2 heterocycles. The molecule has 0 spiro atoms. The van der Waals surface area contributed by atoms with Crippen LogP contribution in [-0.2, 0) is 11.3 Å². The Morgan fingerprint density at radius 2 is 2.53 bits per heavy atom. The molecule has 1 aliphatic heterocycles. The van der Waals surface area contributed by atoms with Gasteiger partial charge in [0.1, 0.15) is 0 Å². The van der Waals surface area contributed by atoms with Gasteiger partial charge in [-0.15, -0.1) is 0 Å². The molecule has 1 unspecified atom stereocenters. The van der Waals surface area contributed by atoms with Gasteiger partial charge in [-0.3, -0.25) is 4.79 Å². The fourth-order valence-electron chi connectivity index (χ4n) is 2.19. The van der Waals surface area contributed by atoms with Crippen molar-refractivity contribution in [1.82, 2.24) is 14.9 Å². The zero-order valence-corrected chi connectivity index (χ0v) is 9.07. The average Bonchev–Trinajstić information content (AvgIpc) is 2.79. The summed E-state index contributed by atoms with van der Waals surface area (Å²) >= 11 is 0. The molecule has 82 valence electrons. The number of nitrogens with zero attached hydrogens (tertiary/aromatic N) is 2. The number of rotatable bonds is 4. The lowest BCUT2D eigenvalue weighted by Gasteiger charge is -2.15. The lowest BCUT2D eigenvalue weighted by Crippen LogP contribution is -2.24. The zero-order valence-electron chi connectivity index (χ0n) is 9.07. The number of carbonyl (C=O) groups is 1. The monoisotopic (exact) mass is 207 g/mol. The van der Waals surface area contributed by atoms with E-state index in [4.69, 9.17) is 0 Å². The number of aromatic nitrogens is 2. The molecule has 1 aromatic heterocycles. The Balaban J connectivity index is 1.91. The van der Waals surface area contributed by atoms with Gasteiger partial charge in [0, 0.05) is 19.2 Å². The molecule has 1 aliphatic rings. The quantitative estimate of drug-likeness (QED) is 0.814. The topological polar surface area (TPSA) is 49.0 Å². The fraction of sp³-hybridized carbons (Fsp3) is 0.636. The molecule has 1 N–H and O–H groups in total. The number of amides is 1. The molecule has 0 saturated carbocycles. The van der Waals surface area contributed by atoms with E-state index in [1.807, 2.05) is 4.90 Å². The molecule has 4 nitrogen and oxygen atoms in total. The van der Waals surface area contributed by atoms with E-state index in [-0.39, 0.29) is 5.91 Å². The molecule has 15 heavy (non-hydrogen) atoms. The van der Waals surface area contributed by atoms with Crippen LogP contribution in [0.2, 0.25) is 0 Å². The normalized spacial score (nSPS) is 21.3. The highest BCUT2D eigenvalue weighted by Gasteiger charge is 2.28. The number of H-pyrrole nitrogens is 1. The first-order valence-electron chi connectivity index (χ1n) is 5.54. The maximum Gasteiger partial charge on any atom is 0.223 e. The lowest BCUT2D eigenvalue weighted by molar-refractivity contribution is -0.128. The van der Waals surface area contributed by atoms with Crippen LogP contribution in [0, 0.1) is 5.92 Å². The van der Waals surface area contributed by atoms with Crippen LogP contribution in [0.3, 0.4) is 0 Å². The number of aromatic amines is 1. The van der Waals surface area contributed by atoms with Crippen LogP contribution in [0.1, 0.15) is 31.9 Å². The summed E-state index contributed by atoms with van der Waals surface area (Å²) in [6.07, 6.45) is 6.48. The van der Waals surface area contributed by atoms with Gasteiger partial charge in [-0.05, 0) is 12.3 Å². The van der Waals surface area contributed by atoms with E-state index in [0.29, 0.717) is 12.5 Å². The number of hydrogen-bond acceptors (Lipinski definition) is 2. The summed E-state index contributed by atoms with van der Waals surface area (Å²) in [7, 11) is 0. The Hall–Kier alpha value is -1.32. The molecule has 1 amide bonds. The Kier molecular flexibility index (Phi) is 3.04. The molecular weight excluding hydrogens is 190 g/mol. The highest BCUT2D eigenvalue weighted by atomic mass is 16.2. The van der Waals surface area contributed by atoms with E-state index >= 15 is 0 Å². The largest absolute Gasteiger partial charge is 0.347 e. The molecule has 0 aliphatic carbocycles. The molecule has 1 aromatic rings. The second-order valence-electron chi connectivity index (χ2n) is 4.21. The standard InChI is InChI=1S/C11H17N3O/c1-2-3-9-4-11(15)14(6-9)7-10-5-12-8-13-10/h5,8-9H,2-4,6-7H2,1H3,(H,12,13). The minimum Gasteiger partial charge on any atom is -0.347 e. The fourth-order valence-corrected chi connectivity index (χ4v) is 2.19.